The van der Waals surface area contributed by atoms with Crippen molar-refractivity contribution >= 4 is 17.9 Å². The quantitative estimate of drug-likeness (QED) is 0.0281. The number of hydrogen-bond acceptors (Lipinski definition) is 6. The molecule has 0 fully saturated rings. The highest BCUT2D eigenvalue weighted by Crippen LogP contribution is 2.17. The van der Waals surface area contributed by atoms with E-state index in [-0.39, 0.29) is 36.2 Å². The number of carboxylic acids is 1. The van der Waals surface area contributed by atoms with Gasteiger partial charge in [0.2, 0.25) is 0 Å². The van der Waals surface area contributed by atoms with Crippen LogP contribution in [0.15, 0.2) is 48.6 Å². The Morgan fingerprint density at radius 2 is 0.862 bits per heavy atom. The van der Waals surface area contributed by atoms with E-state index >= 15 is 0 Å². The molecule has 0 aliphatic heterocycles. The first-order valence-electron chi connectivity index (χ1n) is 27.2. The number of likely N-dealkylation sites (N-methyl/N-ethyl adjacent to an activating group) is 1. The number of quaternary nitrogens is 1. The average Bonchev–Trinajstić information content (AvgIpc) is 3.27. The molecule has 0 aliphatic carbocycles. The van der Waals surface area contributed by atoms with Gasteiger partial charge in [-0.25, -0.2) is 4.79 Å². The predicted octanol–water partition coefficient (Wildman–Crippen LogP) is 15.9. The summed E-state index contributed by atoms with van der Waals surface area (Å²) in [7, 11) is 5.54. The number of nitrogens with zero attached hydrogens (tertiary/aromatic N) is 1. The van der Waals surface area contributed by atoms with Crippen molar-refractivity contribution in [2.45, 2.75) is 257 Å². The molecule has 0 amide bonds. The molecule has 2 unspecified atom stereocenters. The van der Waals surface area contributed by atoms with E-state index in [0.29, 0.717) is 19.3 Å². The summed E-state index contributed by atoms with van der Waals surface area (Å²) in [5.74, 6) is -1.47. The Morgan fingerprint density at radius 1 is 0.477 bits per heavy atom. The van der Waals surface area contributed by atoms with Crippen LogP contribution in [0.2, 0.25) is 0 Å². The Morgan fingerprint density at radius 3 is 1.28 bits per heavy atom. The number of hydrogen-bond donors (Lipinski definition) is 1. The van der Waals surface area contributed by atoms with E-state index in [0.717, 1.165) is 77.0 Å². The van der Waals surface area contributed by atoms with Crippen molar-refractivity contribution in [3.63, 3.8) is 0 Å². The van der Waals surface area contributed by atoms with Crippen LogP contribution >= 0.6 is 0 Å². The minimum atomic E-state index is -0.875. The molecule has 8 nitrogen and oxygen atoms in total. The van der Waals surface area contributed by atoms with Crippen LogP contribution in [0.3, 0.4) is 0 Å². The fourth-order valence-corrected chi connectivity index (χ4v) is 8.09. The highest BCUT2D eigenvalue weighted by molar-refractivity contribution is 5.72. The second kappa shape index (κ2) is 47.8. The topological polar surface area (TPSA) is 99.1 Å². The van der Waals surface area contributed by atoms with Crippen molar-refractivity contribution in [3.05, 3.63) is 48.6 Å². The largest absolute Gasteiger partial charge is 0.477 e. The first-order chi connectivity index (χ1) is 31.6. The Balaban J connectivity index is 4.20. The molecule has 8 heteroatoms. The van der Waals surface area contributed by atoms with Gasteiger partial charge in [-0.3, -0.25) is 9.59 Å². The number of esters is 2. The molecule has 0 bridgehead atoms. The number of unbranched alkanes of at least 4 members (excludes halogenated alkanes) is 27. The van der Waals surface area contributed by atoms with Gasteiger partial charge in [0.05, 0.1) is 34.4 Å². The van der Waals surface area contributed by atoms with E-state index in [4.69, 9.17) is 14.2 Å². The number of ether oxygens (including phenoxy) is 3. The summed E-state index contributed by atoms with van der Waals surface area (Å²) in [5, 5.41) is 9.67. The van der Waals surface area contributed by atoms with Gasteiger partial charge in [-0.15, -0.1) is 0 Å². The SMILES string of the molecule is CC/C=C/C/C=C/C/C=C/C/C=C/CCCCCCCCC(=O)OCC(COCCC(C(=O)O)[N+](C)(C)C)OC(=O)CCCCCCCCCCCCCCCCCCCCCCCC. The van der Waals surface area contributed by atoms with Gasteiger partial charge in [-0.2, -0.15) is 0 Å². The monoisotopic (exact) mass is 915 g/mol. The van der Waals surface area contributed by atoms with Gasteiger partial charge >= 0.3 is 17.9 Å². The molecule has 378 valence electrons. The van der Waals surface area contributed by atoms with Crippen LogP contribution in [-0.4, -0.2) is 80.6 Å². The van der Waals surface area contributed by atoms with Crippen LogP contribution in [0.25, 0.3) is 0 Å². The van der Waals surface area contributed by atoms with E-state index < -0.39 is 18.1 Å². The average molecular weight is 915 g/mol. The lowest BCUT2D eigenvalue weighted by atomic mass is 10.0. The summed E-state index contributed by atoms with van der Waals surface area (Å²) < 4.78 is 17.4. The molecular weight excluding hydrogens is 811 g/mol. The number of allylic oxidation sites excluding steroid dienone is 8. The molecule has 0 aromatic carbocycles. The molecule has 0 spiro atoms. The summed E-state index contributed by atoms with van der Waals surface area (Å²) in [6.45, 7) is 4.65. The zero-order valence-electron chi connectivity index (χ0n) is 43.2. The minimum Gasteiger partial charge on any atom is -0.477 e. The molecule has 0 aromatic heterocycles. The van der Waals surface area contributed by atoms with Gasteiger partial charge in [0.1, 0.15) is 6.61 Å². The highest BCUT2D eigenvalue weighted by atomic mass is 16.6. The van der Waals surface area contributed by atoms with E-state index in [2.05, 4.69) is 62.5 Å². The van der Waals surface area contributed by atoms with Crippen molar-refractivity contribution < 1.29 is 38.2 Å². The number of carboxylic acid groups (broad SMARTS) is 1. The van der Waals surface area contributed by atoms with Crippen molar-refractivity contribution in [3.8, 4) is 0 Å². The van der Waals surface area contributed by atoms with Crippen LogP contribution < -0.4 is 0 Å². The standard InChI is InChI=1S/C57H103NO7/c1-6-8-10-12-14-16-18-20-22-24-26-27-28-30-32-34-36-38-40-42-44-46-48-56(60)65-53(51-63-50-49-54(57(61)62)58(3,4)5)52-64-55(59)47-45-43-41-39-37-35-33-31-29-25-23-21-19-17-15-13-11-9-7-2/h9,11,15,17,21,23,29,31,53-54H,6-8,10,12-14,16,18-20,22,24-28,30,32-52H2,1-5H3/p+1/b11-9+,17-15+,23-21+,31-29+. The highest BCUT2D eigenvalue weighted by Gasteiger charge is 2.31. The Bertz CT molecular complexity index is 1200. The Hall–Kier alpha value is -2.71. The lowest BCUT2D eigenvalue weighted by Gasteiger charge is -2.31. The van der Waals surface area contributed by atoms with Crippen LogP contribution in [-0.2, 0) is 28.6 Å². The van der Waals surface area contributed by atoms with Crippen molar-refractivity contribution in [2.24, 2.45) is 0 Å². The molecule has 0 aliphatic rings. The van der Waals surface area contributed by atoms with Gasteiger partial charge in [0.15, 0.2) is 12.1 Å². The molecule has 0 heterocycles. The summed E-state index contributed by atoms with van der Waals surface area (Å²) >= 11 is 0. The maximum absolute atomic E-state index is 12.8. The van der Waals surface area contributed by atoms with Crippen LogP contribution in [0.1, 0.15) is 245 Å². The Labute approximate surface area is 401 Å². The third-order valence-corrected chi connectivity index (χ3v) is 12.2. The molecule has 0 saturated heterocycles. The summed E-state index contributed by atoms with van der Waals surface area (Å²) in [5.41, 5.74) is 0. The van der Waals surface area contributed by atoms with Crippen LogP contribution in [0.5, 0.6) is 0 Å². The first-order valence-corrected chi connectivity index (χ1v) is 27.2. The fourth-order valence-electron chi connectivity index (χ4n) is 8.09. The fraction of sp³-hybridized carbons (Fsp3) is 0.807. The minimum absolute atomic E-state index is 0.0566. The lowest BCUT2D eigenvalue weighted by Crippen LogP contribution is -2.50. The molecule has 2 atom stereocenters. The van der Waals surface area contributed by atoms with E-state index in [9.17, 15) is 19.5 Å². The maximum Gasteiger partial charge on any atom is 0.362 e. The van der Waals surface area contributed by atoms with Gasteiger partial charge in [-0.1, -0.05) is 223 Å². The van der Waals surface area contributed by atoms with E-state index in [1.165, 1.54) is 135 Å². The molecule has 1 N–H and O–H groups in total. The van der Waals surface area contributed by atoms with E-state index in [1.807, 2.05) is 21.1 Å². The zero-order chi connectivity index (χ0) is 47.7. The number of rotatable bonds is 49. The molecule has 0 saturated carbocycles. The summed E-state index contributed by atoms with van der Waals surface area (Å²) in [4.78, 5) is 37.2. The summed E-state index contributed by atoms with van der Waals surface area (Å²) in [6.07, 6.45) is 58.8. The predicted molar refractivity (Wildman–Crippen MR) is 275 cm³/mol. The van der Waals surface area contributed by atoms with Gasteiger partial charge < -0.3 is 23.8 Å². The molecule has 0 radical (unpaired) electrons. The van der Waals surface area contributed by atoms with Gasteiger partial charge in [0.25, 0.3) is 0 Å². The van der Waals surface area contributed by atoms with Crippen LogP contribution in [0.4, 0.5) is 0 Å². The molecule has 0 rings (SSSR count). The van der Waals surface area contributed by atoms with Crippen LogP contribution in [0, 0.1) is 0 Å². The number of carbonyl (C=O) groups is 3. The Kier molecular flexibility index (Phi) is 45.8. The van der Waals surface area contributed by atoms with Crippen molar-refractivity contribution in [1.82, 2.24) is 0 Å². The molecular formula is C57H104NO7+. The lowest BCUT2D eigenvalue weighted by molar-refractivity contribution is -0.887. The molecule has 0 aromatic rings. The molecule has 65 heavy (non-hydrogen) atoms. The van der Waals surface area contributed by atoms with Crippen molar-refractivity contribution in [1.29, 1.82) is 0 Å². The normalized spacial score (nSPS) is 13.2. The van der Waals surface area contributed by atoms with E-state index in [1.54, 1.807) is 0 Å². The third-order valence-electron chi connectivity index (χ3n) is 12.2. The van der Waals surface area contributed by atoms with Gasteiger partial charge in [-0.05, 0) is 51.4 Å². The second-order valence-electron chi connectivity index (χ2n) is 19.5. The van der Waals surface area contributed by atoms with Crippen molar-refractivity contribution in [2.75, 3.05) is 41.0 Å². The maximum atomic E-state index is 12.8. The number of aliphatic carboxylic acids is 1. The first kappa shape index (κ1) is 62.3. The second-order valence-corrected chi connectivity index (χ2v) is 19.5. The number of carbonyl (C=O) groups excluding carboxylic acids is 2. The van der Waals surface area contributed by atoms with Gasteiger partial charge in [0, 0.05) is 19.3 Å². The zero-order valence-corrected chi connectivity index (χ0v) is 43.2. The summed E-state index contributed by atoms with van der Waals surface area (Å²) in [6, 6.07) is -0.617. The third kappa shape index (κ3) is 46.2. The smallest absolute Gasteiger partial charge is 0.362 e.